The molecule has 2 heteroatoms. The Morgan fingerprint density at radius 2 is 1.80 bits per heavy atom. The van der Waals surface area contributed by atoms with Crippen LogP contribution in [0, 0.1) is 5.41 Å². The van der Waals surface area contributed by atoms with Crippen LogP contribution < -0.4 is 10.1 Å². The van der Waals surface area contributed by atoms with Gasteiger partial charge in [-0.1, -0.05) is 12.1 Å². The van der Waals surface area contributed by atoms with E-state index in [0.29, 0.717) is 5.41 Å². The quantitative estimate of drug-likeness (QED) is 0.902. The Hall–Kier alpha value is -1.02. The molecule has 3 fully saturated rings. The molecule has 0 atom stereocenters. The molecule has 0 unspecified atom stereocenters. The average molecular weight is 271 g/mol. The molecule has 20 heavy (non-hydrogen) atoms. The largest absolute Gasteiger partial charge is 0.496 e. The second kappa shape index (κ2) is 4.77. The van der Waals surface area contributed by atoms with Crippen molar-refractivity contribution in [2.75, 3.05) is 20.2 Å². The van der Waals surface area contributed by atoms with Crippen LogP contribution in [-0.2, 0) is 0 Å². The van der Waals surface area contributed by atoms with E-state index in [0.717, 1.165) is 17.6 Å². The van der Waals surface area contributed by atoms with E-state index >= 15 is 0 Å². The molecule has 4 rings (SSSR count). The summed E-state index contributed by atoms with van der Waals surface area (Å²) in [6.45, 7) is 2.52. The highest BCUT2D eigenvalue weighted by Crippen LogP contribution is 2.48. The van der Waals surface area contributed by atoms with Gasteiger partial charge in [-0.2, -0.15) is 0 Å². The van der Waals surface area contributed by atoms with E-state index in [4.69, 9.17) is 4.74 Å². The fourth-order valence-electron chi connectivity index (χ4n) is 4.12. The number of hydrogen-bond acceptors (Lipinski definition) is 2. The van der Waals surface area contributed by atoms with E-state index < -0.39 is 0 Å². The van der Waals surface area contributed by atoms with Gasteiger partial charge in [0, 0.05) is 13.1 Å². The molecule has 1 spiro atoms. The SMILES string of the molecule is COc1ccc(C2CCC3(CC2)CNC3)cc1C1CC1. The Labute approximate surface area is 121 Å². The smallest absolute Gasteiger partial charge is 0.122 e. The first-order valence-corrected chi connectivity index (χ1v) is 8.18. The van der Waals surface area contributed by atoms with Crippen LogP contribution in [0.15, 0.2) is 18.2 Å². The van der Waals surface area contributed by atoms with Crippen LogP contribution in [0.1, 0.15) is 61.5 Å². The summed E-state index contributed by atoms with van der Waals surface area (Å²) in [5.41, 5.74) is 3.70. The molecule has 3 aliphatic rings. The number of nitrogens with one attached hydrogen (secondary N) is 1. The lowest BCUT2D eigenvalue weighted by atomic mass is 9.66. The van der Waals surface area contributed by atoms with Gasteiger partial charge in [0.05, 0.1) is 7.11 Å². The minimum atomic E-state index is 0.669. The molecule has 1 saturated heterocycles. The van der Waals surface area contributed by atoms with Crippen LogP contribution in [0.2, 0.25) is 0 Å². The molecule has 1 aromatic rings. The first kappa shape index (κ1) is 12.7. The molecule has 2 saturated carbocycles. The molecule has 1 aliphatic heterocycles. The first-order chi connectivity index (χ1) is 9.80. The molecular weight excluding hydrogens is 246 g/mol. The van der Waals surface area contributed by atoms with Gasteiger partial charge >= 0.3 is 0 Å². The molecule has 1 heterocycles. The topological polar surface area (TPSA) is 21.3 Å². The van der Waals surface area contributed by atoms with Gasteiger partial charge in [-0.05, 0) is 73.0 Å². The summed E-state index contributed by atoms with van der Waals surface area (Å²) >= 11 is 0. The third kappa shape index (κ3) is 2.14. The molecule has 0 aromatic heterocycles. The van der Waals surface area contributed by atoms with Crippen LogP contribution in [0.25, 0.3) is 0 Å². The van der Waals surface area contributed by atoms with E-state index in [1.807, 2.05) is 0 Å². The van der Waals surface area contributed by atoms with Crippen LogP contribution >= 0.6 is 0 Å². The number of hydrogen-bond donors (Lipinski definition) is 1. The molecular formula is C18H25NO. The molecule has 1 N–H and O–H groups in total. The Kier molecular flexibility index (Phi) is 3.03. The van der Waals surface area contributed by atoms with Gasteiger partial charge in [0.25, 0.3) is 0 Å². The molecule has 0 radical (unpaired) electrons. The van der Waals surface area contributed by atoms with Crippen molar-refractivity contribution in [3.05, 3.63) is 29.3 Å². The van der Waals surface area contributed by atoms with Crippen LogP contribution in [0.4, 0.5) is 0 Å². The summed E-state index contributed by atoms with van der Waals surface area (Å²) in [5.74, 6) is 2.66. The number of ether oxygens (including phenoxy) is 1. The predicted molar refractivity (Wildman–Crippen MR) is 81.5 cm³/mol. The van der Waals surface area contributed by atoms with Crippen molar-refractivity contribution >= 4 is 0 Å². The van der Waals surface area contributed by atoms with Gasteiger partial charge in [-0.3, -0.25) is 0 Å². The highest BCUT2D eigenvalue weighted by Gasteiger charge is 2.40. The monoisotopic (exact) mass is 271 g/mol. The van der Waals surface area contributed by atoms with Crippen LogP contribution in [0.5, 0.6) is 5.75 Å². The second-order valence-corrected chi connectivity index (χ2v) is 7.15. The molecule has 1 aromatic carbocycles. The molecule has 2 nitrogen and oxygen atoms in total. The fraction of sp³-hybridized carbons (Fsp3) is 0.667. The zero-order valence-electron chi connectivity index (χ0n) is 12.5. The summed E-state index contributed by atoms with van der Waals surface area (Å²) in [5, 5.41) is 3.46. The Morgan fingerprint density at radius 1 is 1.05 bits per heavy atom. The summed E-state index contributed by atoms with van der Waals surface area (Å²) in [4.78, 5) is 0. The predicted octanol–water partition coefficient (Wildman–Crippen LogP) is 3.82. The maximum Gasteiger partial charge on any atom is 0.122 e. The number of rotatable bonds is 3. The summed E-state index contributed by atoms with van der Waals surface area (Å²) in [6.07, 6.45) is 8.26. The molecule has 2 aliphatic carbocycles. The lowest BCUT2D eigenvalue weighted by Gasteiger charge is -2.47. The Balaban J connectivity index is 1.52. The summed E-state index contributed by atoms with van der Waals surface area (Å²) < 4.78 is 5.54. The highest BCUT2D eigenvalue weighted by molar-refractivity contribution is 5.43. The Bertz CT molecular complexity index is 492. The van der Waals surface area contributed by atoms with Crippen molar-refractivity contribution < 1.29 is 4.74 Å². The minimum absolute atomic E-state index is 0.669. The zero-order valence-corrected chi connectivity index (χ0v) is 12.5. The average Bonchev–Trinajstić information content (AvgIpc) is 3.30. The van der Waals surface area contributed by atoms with Crippen molar-refractivity contribution in [1.82, 2.24) is 5.32 Å². The van der Waals surface area contributed by atoms with E-state index in [1.165, 1.54) is 57.2 Å². The Morgan fingerprint density at radius 3 is 2.35 bits per heavy atom. The first-order valence-electron chi connectivity index (χ1n) is 8.18. The lowest BCUT2D eigenvalue weighted by Crippen LogP contribution is -2.54. The van der Waals surface area contributed by atoms with Gasteiger partial charge in [0.1, 0.15) is 5.75 Å². The second-order valence-electron chi connectivity index (χ2n) is 7.15. The van der Waals surface area contributed by atoms with E-state index in [1.54, 1.807) is 12.7 Å². The van der Waals surface area contributed by atoms with E-state index in [2.05, 4.69) is 23.5 Å². The summed E-state index contributed by atoms with van der Waals surface area (Å²) in [6, 6.07) is 6.98. The summed E-state index contributed by atoms with van der Waals surface area (Å²) in [7, 11) is 1.80. The van der Waals surface area contributed by atoms with Gasteiger partial charge < -0.3 is 10.1 Å². The number of methoxy groups -OCH3 is 1. The molecule has 0 amide bonds. The van der Waals surface area contributed by atoms with Gasteiger partial charge in [-0.25, -0.2) is 0 Å². The molecule has 0 bridgehead atoms. The van der Waals surface area contributed by atoms with Crippen LogP contribution in [-0.4, -0.2) is 20.2 Å². The third-order valence-electron chi connectivity index (χ3n) is 5.79. The van der Waals surface area contributed by atoms with Crippen molar-refractivity contribution in [2.45, 2.75) is 50.4 Å². The van der Waals surface area contributed by atoms with Crippen molar-refractivity contribution in [3.63, 3.8) is 0 Å². The van der Waals surface area contributed by atoms with E-state index in [-0.39, 0.29) is 0 Å². The number of benzene rings is 1. The van der Waals surface area contributed by atoms with E-state index in [9.17, 15) is 0 Å². The van der Waals surface area contributed by atoms with Crippen LogP contribution in [0.3, 0.4) is 0 Å². The third-order valence-corrected chi connectivity index (χ3v) is 5.79. The maximum atomic E-state index is 5.54. The normalized spacial score (nSPS) is 25.4. The van der Waals surface area contributed by atoms with Crippen molar-refractivity contribution in [1.29, 1.82) is 0 Å². The minimum Gasteiger partial charge on any atom is -0.496 e. The van der Waals surface area contributed by atoms with Gasteiger partial charge in [-0.15, -0.1) is 0 Å². The maximum absolute atomic E-state index is 5.54. The van der Waals surface area contributed by atoms with Gasteiger partial charge in [0.2, 0.25) is 0 Å². The fourth-order valence-corrected chi connectivity index (χ4v) is 4.12. The molecule has 108 valence electrons. The highest BCUT2D eigenvalue weighted by atomic mass is 16.5. The standard InChI is InChI=1S/C18H25NO/c1-20-17-5-4-15(10-16(17)14-2-3-14)13-6-8-18(9-7-13)11-19-12-18/h4-5,10,13-14,19H,2-3,6-9,11-12H2,1H3. The van der Waals surface area contributed by atoms with Crippen molar-refractivity contribution in [3.8, 4) is 5.75 Å². The lowest BCUT2D eigenvalue weighted by molar-refractivity contribution is 0.0975. The zero-order chi connectivity index (χ0) is 13.6. The van der Waals surface area contributed by atoms with Crippen molar-refractivity contribution in [2.24, 2.45) is 5.41 Å². The van der Waals surface area contributed by atoms with Gasteiger partial charge in [0.15, 0.2) is 0 Å².